The maximum Gasteiger partial charge on any atom is 0.0402 e. The minimum Gasteiger partial charge on any atom is -0.397 e. The molecule has 9 heavy (non-hydrogen) atoms. The van der Waals surface area contributed by atoms with Gasteiger partial charge in [-0.25, -0.2) is 0 Å². The van der Waals surface area contributed by atoms with E-state index < -0.39 is 0 Å². The van der Waals surface area contributed by atoms with Crippen molar-refractivity contribution in [2.24, 2.45) is 0 Å². The Hall–Kier alpha value is -0.300. The summed E-state index contributed by atoms with van der Waals surface area (Å²) in [6.07, 6.45) is 10.0. The summed E-state index contributed by atoms with van der Waals surface area (Å²) in [6, 6.07) is 0. The van der Waals surface area contributed by atoms with Crippen LogP contribution < -0.4 is 0 Å². The minimum atomic E-state index is 0.250. The molecule has 0 unspecified atom stereocenters. The zero-order valence-corrected chi connectivity index (χ0v) is 6.14. The van der Waals surface area contributed by atoms with Crippen molar-refractivity contribution in [1.82, 2.24) is 0 Å². The van der Waals surface area contributed by atoms with E-state index in [-0.39, 0.29) is 6.61 Å². The third-order valence-corrected chi connectivity index (χ3v) is 1.16. The molecule has 1 N–H and O–H groups in total. The first-order valence-corrected chi connectivity index (χ1v) is 3.67. The molecule has 0 aromatic rings. The van der Waals surface area contributed by atoms with Gasteiger partial charge in [-0.1, -0.05) is 12.2 Å². The van der Waals surface area contributed by atoms with Gasteiger partial charge in [0.05, 0.1) is 0 Å². The second-order valence-corrected chi connectivity index (χ2v) is 2.07. The highest BCUT2D eigenvalue weighted by molar-refractivity contribution is 4.85. The highest BCUT2D eigenvalue weighted by Gasteiger charge is 1.87. The molecule has 1 aliphatic rings. The molecule has 0 aromatic carbocycles. The van der Waals surface area contributed by atoms with Crippen LogP contribution in [0.3, 0.4) is 0 Å². The number of rotatable bonds is 0. The molecule has 0 heterocycles. The van der Waals surface area contributed by atoms with Crippen molar-refractivity contribution in [1.29, 1.82) is 0 Å². The van der Waals surface area contributed by atoms with Crippen LogP contribution in [0.5, 0.6) is 0 Å². The Balaban J connectivity index is 0.000000187. The molecule has 1 heteroatoms. The van der Waals surface area contributed by atoms with Gasteiger partial charge in [0.2, 0.25) is 0 Å². The molecule has 0 bridgehead atoms. The lowest BCUT2D eigenvalue weighted by molar-refractivity contribution is 0.318. The summed E-state index contributed by atoms with van der Waals surface area (Å²) >= 11 is 0. The Kier molecular flexibility index (Phi) is 7.44. The van der Waals surface area contributed by atoms with Crippen LogP contribution >= 0.6 is 0 Å². The first-order valence-electron chi connectivity index (χ1n) is 3.67. The molecule has 0 spiro atoms. The van der Waals surface area contributed by atoms with Crippen molar-refractivity contribution in [3.63, 3.8) is 0 Å². The zero-order chi connectivity index (χ0) is 6.95. The highest BCUT2D eigenvalue weighted by atomic mass is 16.2. The number of aliphatic hydroxyl groups excluding tert-OH is 1. The van der Waals surface area contributed by atoms with E-state index in [4.69, 9.17) is 5.11 Å². The predicted molar refractivity (Wildman–Crippen MR) is 40.4 cm³/mol. The van der Waals surface area contributed by atoms with Crippen LogP contribution in [0.1, 0.15) is 32.6 Å². The second-order valence-electron chi connectivity index (χ2n) is 2.07. The second kappa shape index (κ2) is 7.70. The summed E-state index contributed by atoms with van der Waals surface area (Å²) in [4.78, 5) is 0. The Morgan fingerprint density at radius 3 is 1.67 bits per heavy atom. The van der Waals surface area contributed by atoms with Crippen molar-refractivity contribution in [3.8, 4) is 0 Å². The molecule has 0 radical (unpaired) electrons. The van der Waals surface area contributed by atoms with E-state index >= 15 is 0 Å². The number of allylic oxidation sites excluding steroid dienone is 2. The first-order chi connectivity index (χ1) is 4.41. The molecule has 0 amide bonds. The van der Waals surface area contributed by atoms with E-state index in [1.165, 1.54) is 25.7 Å². The fourth-order valence-electron chi connectivity index (χ4n) is 0.760. The highest BCUT2D eigenvalue weighted by Crippen LogP contribution is 2.07. The van der Waals surface area contributed by atoms with Gasteiger partial charge in [-0.15, -0.1) is 0 Å². The van der Waals surface area contributed by atoms with Crippen molar-refractivity contribution >= 4 is 0 Å². The lowest BCUT2D eigenvalue weighted by atomic mass is 10.1. The molecule has 0 saturated carbocycles. The van der Waals surface area contributed by atoms with Crippen LogP contribution in [0.15, 0.2) is 12.2 Å². The van der Waals surface area contributed by atoms with Crippen LogP contribution in [0.4, 0.5) is 0 Å². The molecule has 0 aromatic heterocycles. The maximum absolute atomic E-state index is 7.57. The van der Waals surface area contributed by atoms with Gasteiger partial charge in [0, 0.05) is 6.61 Å². The largest absolute Gasteiger partial charge is 0.397 e. The van der Waals surface area contributed by atoms with Crippen molar-refractivity contribution in [2.45, 2.75) is 32.6 Å². The number of aliphatic hydroxyl groups is 1. The van der Waals surface area contributed by atoms with E-state index in [1.54, 1.807) is 6.92 Å². The van der Waals surface area contributed by atoms with Gasteiger partial charge in [0.1, 0.15) is 0 Å². The van der Waals surface area contributed by atoms with Crippen molar-refractivity contribution in [3.05, 3.63) is 12.2 Å². The molecular formula is C8H16O. The zero-order valence-electron chi connectivity index (χ0n) is 6.14. The van der Waals surface area contributed by atoms with Crippen LogP contribution in [-0.2, 0) is 0 Å². The normalized spacial score (nSPS) is 16.2. The Morgan fingerprint density at radius 2 is 1.56 bits per heavy atom. The molecule has 54 valence electrons. The Labute approximate surface area is 57.4 Å². The van der Waals surface area contributed by atoms with Gasteiger partial charge in [-0.2, -0.15) is 0 Å². The van der Waals surface area contributed by atoms with Crippen molar-refractivity contribution < 1.29 is 5.11 Å². The molecule has 1 aliphatic carbocycles. The third kappa shape index (κ3) is 7.70. The summed E-state index contributed by atoms with van der Waals surface area (Å²) in [5.41, 5.74) is 0. The van der Waals surface area contributed by atoms with Crippen LogP contribution in [-0.4, -0.2) is 11.7 Å². The van der Waals surface area contributed by atoms with Crippen LogP contribution in [0.25, 0.3) is 0 Å². The van der Waals surface area contributed by atoms with Gasteiger partial charge in [-0.05, 0) is 32.6 Å². The smallest absolute Gasteiger partial charge is 0.0402 e. The fourth-order valence-corrected chi connectivity index (χ4v) is 0.760. The molecule has 0 fully saturated rings. The third-order valence-electron chi connectivity index (χ3n) is 1.16. The lowest BCUT2D eigenvalue weighted by Gasteiger charge is -1.97. The number of hydrogen-bond donors (Lipinski definition) is 1. The van der Waals surface area contributed by atoms with E-state index in [1.807, 2.05) is 0 Å². The van der Waals surface area contributed by atoms with E-state index in [9.17, 15) is 0 Å². The molecular weight excluding hydrogens is 112 g/mol. The van der Waals surface area contributed by atoms with Gasteiger partial charge >= 0.3 is 0 Å². The lowest BCUT2D eigenvalue weighted by Crippen LogP contribution is -1.77. The summed E-state index contributed by atoms with van der Waals surface area (Å²) in [6.45, 7) is 1.93. The topological polar surface area (TPSA) is 20.2 Å². The monoisotopic (exact) mass is 128 g/mol. The average molecular weight is 128 g/mol. The number of hydrogen-bond acceptors (Lipinski definition) is 1. The summed E-state index contributed by atoms with van der Waals surface area (Å²) in [7, 11) is 0. The predicted octanol–water partition coefficient (Wildman–Crippen LogP) is 2.12. The van der Waals surface area contributed by atoms with Gasteiger partial charge in [0.15, 0.2) is 0 Å². The SMILES string of the molecule is C1=CCCCC1.CCO. The molecule has 0 saturated heterocycles. The maximum atomic E-state index is 7.57. The van der Waals surface area contributed by atoms with Crippen LogP contribution in [0, 0.1) is 0 Å². The minimum absolute atomic E-state index is 0.250. The van der Waals surface area contributed by atoms with Gasteiger partial charge in [0.25, 0.3) is 0 Å². The summed E-state index contributed by atoms with van der Waals surface area (Å²) < 4.78 is 0. The average Bonchev–Trinajstić information content (AvgIpc) is 1.93. The Morgan fingerprint density at radius 1 is 1.22 bits per heavy atom. The van der Waals surface area contributed by atoms with Gasteiger partial charge < -0.3 is 5.11 Å². The quantitative estimate of drug-likeness (QED) is 0.495. The van der Waals surface area contributed by atoms with Gasteiger partial charge in [-0.3, -0.25) is 0 Å². The standard InChI is InChI=1S/C6H10.C2H6O/c1-2-4-6-5-3-1;1-2-3/h1-2H,3-6H2;3H,2H2,1H3. The molecule has 1 rings (SSSR count). The van der Waals surface area contributed by atoms with E-state index in [0.717, 1.165) is 0 Å². The first kappa shape index (κ1) is 8.70. The molecule has 1 nitrogen and oxygen atoms in total. The molecule has 0 atom stereocenters. The van der Waals surface area contributed by atoms with Crippen molar-refractivity contribution in [2.75, 3.05) is 6.61 Å². The molecule has 0 aliphatic heterocycles. The van der Waals surface area contributed by atoms with Crippen LogP contribution in [0.2, 0.25) is 0 Å². The Bertz CT molecular complexity index is 59.0. The fraction of sp³-hybridized carbons (Fsp3) is 0.750. The summed E-state index contributed by atoms with van der Waals surface area (Å²) in [5, 5.41) is 7.57. The van der Waals surface area contributed by atoms with E-state index in [0.29, 0.717) is 0 Å². The van der Waals surface area contributed by atoms with E-state index in [2.05, 4.69) is 12.2 Å². The summed E-state index contributed by atoms with van der Waals surface area (Å²) in [5.74, 6) is 0.